The molecule has 0 fully saturated rings. The summed E-state index contributed by atoms with van der Waals surface area (Å²) in [5.74, 6) is -2.73. The number of carbonyl (C=O) groups excluding carboxylic acids is 1. The average Bonchev–Trinajstić information content (AvgIpc) is 2.90. The first-order chi connectivity index (χ1) is 10.4. The van der Waals surface area contributed by atoms with Crippen molar-refractivity contribution in [1.29, 1.82) is 0 Å². The zero-order valence-corrected chi connectivity index (χ0v) is 11.6. The fraction of sp³-hybridized carbons (Fsp3) is 0.214. The molecule has 0 aliphatic carbocycles. The number of aryl methyl sites for hydroxylation is 1. The molecular weight excluding hydrogens is 293 g/mol. The van der Waals surface area contributed by atoms with Crippen LogP contribution >= 0.6 is 0 Å². The van der Waals surface area contributed by atoms with Gasteiger partial charge in [0.1, 0.15) is 5.82 Å². The van der Waals surface area contributed by atoms with E-state index in [1.165, 1.54) is 29.1 Å². The highest BCUT2D eigenvalue weighted by Crippen LogP contribution is 2.16. The lowest BCUT2D eigenvalue weighted by molar-refractivity contribution is -0.143. The number of carboxylic acids is 1. The molecule has 2 aromatic rings. The van der Waals surface area contributed by atoms with E-state index in [9.17, 15) is 24.2 Å². The minimum absolute atomic E-state index is 0.134. The van der Waals surface area contributed by atoms with Crippen molar-refractivity contribution in [2.75, 3.05) is 0 Å². The number of nitrogens with zero attached hydrogens (tertiary/aromatic N) is 2. The summed E-state index contributed by atoms with van der Waals surface area (Å²) in [7, 11) is 1.61. The van der Waals surface area contributed by atoms with Crippen LogP contribution in [0.15, 0.2) is 36.5 Å². The van der Waals surface area contributed by atoms with Gasteiger partial charge in [-0.15, -0.1) is 0 Å². The first-order valence-electron chi connectivity index (χ1n) is 6.34. The number of hydrogen-bond donors (Lipinski definition) is 3. The Morgan fingerprint density at radius 2 is 1.91 bits per heavy atom. The summed E-state index contributed by atoms with van der Waals surface area (Å²) >= 11 is 0. The first-order valence-corrected chi connectivity index (χ1v) is 6.34. The molecule has 0 aliphatic rings. The van der Waals surface area contributed by atoms with Gasteiger partial charge in [-0.2, -0.15) is 5.10 Å². The number of benzene rings is 1. The van der Waals surface area contributed by atoms with E-state index in [2.05, 4.69) is 10.4 Å². The normalized spacial score (nSPS) is 13.4. The summed E-state index contributed by atoms with van der Waals surface area (Å²) in [6.45, 7) is 0. The first kappa shape index (κ1) is 15.6. The van der Waals surface area contributed by atoms with Crippen molar-refractivity contribution in [1.82, 2.24) is 15.1 Å². The second-order valence-corrected chi connectivity index (χ2v) is 4.65. The number of amides is 1. The van der Waals surface area contributed by atoms with Crippen LogP contribution in [0.1, 0.15) is 23.4 Å². The third kappa shape index (κ3) is 3.47. The van der Waals surface area contributed by atoms with Gasteiger partial charge in [0, 0.05) is 13.2 Å². The Morgan fingerprint density at radius 1 is 1.27 bits per heavy atom. The van der Waals surface area contributed by atoms with Gasteiger partial charge in [-0.25, -0.2) is 9.18 Å². The third-order valence-corrected chi connectivity index (χ3v) is 3.00. The van der Waals surface area contributed by atoms with Crippen molar-refractivity contribution in [2.45, 2.75) is 12.1 Å². The molecule has 0 saturated carbocycles. The fourth-order valence-electron chi connectivity index (χ4n) is 1.87. The Labute approximate surface area is 125 Å². The summed E-state index contributed by atoms with van der Waals surface area (Å²) in [4.78, 5) is 23.2. The molecular formula is C14H14FN3O4. The second-order valence-electron chi connectivity index (χ2n) is 4.65. The topological polar surface area (TPSA) is 104 Å². The summed E-state index contributed by atoms with van der Waals surface area (Å²) in [5.41, 5.74) is 0.290. The van der Waals surface area contributed by atoms with E-state index in [4.69, 9.17) is 0 Å². The largest absolute Gasteiger partial charge is 0.479 e. The van der Waals surface area contributed by atoms with E-state index in [1.807, 2.05) is 0 Å². The number of hydrogen-bond acceptors (Lipinski definition) is 4. The van der Waals surface area contributed by atoms with E-state index >= 15 is 0 Å². The quantitative estimate of drug-likeness (QED) is 0.747. The van der Waals surface area contributed by atoms with Gasteiger partial charge in [0.15, 0.2) is 12.1 Å². The molecule has 0 bridgehead atoms. The molecule has 0 aliphatic heterocycles. The number of carboxylic acid groups (broad SMARTS) is 1. The Morgan fingerprint density at radius 3 is 2.41 bits per heavy atom. The molecule has 1 unspecified atom stereocenters. The van der Waals surface area contributed by atoms with Crippen molar-refractivity contribution in [3.63, 3.8) is 0 Å². The molecule has 1 heterocycles. The SMILES string of the molecule is Cn1ccc(C(NC(=O)[C@H](O)c2ccc(F)cc2)C(=O)O)n1. The van der Waals surface area contributed by atoms with Gasteiger partial charge in [-0.1, -0.05) is 12.1 Å². The molecule has 0 spiro atoms. The van der Waals surface area contributed by atoms with Crippen LogP contribution in [0.4, 0.5) is 4.39 Å². The van der Waals surface area contributed by atoms with Crippen LogP contribution in [0.3, 0.4) is 0 Å². The molecule has 0 saturated heterocycles. The lowest BCUT2D eigenvalue weighted by Gasteiger charge is -2.16. The Hall–Kier alpha value is -2.74. The van der Waals surface area contributed by atoms with Crippen molar-refractivity contribution in [2.24, 2.45) is 7.05 Å². The molecule has 2 atom stereocenters. The molecule has 0 radical (unpaired) electrons. The van der Waals surface area contributed by atoms with Crippen LogP contribution in [0.2, 0.25) is 0 Å². The summed E-state index contributed by atoms with van der Waals surface area (Å²) in [6.07, 6.45) is -0.0699. The Bertz CT molecular complexity index is 684. The average molecular weight is 307 g/mol. The minimum Gasteiger partial charge on any atom is -0.479 e. The van der Waals surface area contributed by atoms with Crippen LogP contribution in [0.25, 0.3) is 0 Å². The molecule has 3 N–H and O–H groups in total. The number of carbonyl (C=O) groups is 2. The van der Waals surface area contributed by atoms with Crippen molar-refractivity contribution in [3.8, 4) is 0 Å². The number of rotatable bonds is 5. The molecule has 1 amide bonds. The van der Waals surface area contributed by atoms with E-state index < -0.39 is 29.8 Å². The lowest BCUT2D eigenvalue weighted by Crippen LogP contribution is -2.37. The van der Waals surface area contributed by atoms with Gasteiger partial charge in [0.05, 0.1) is 5.69 Å². The van der Waals surface area contributed by atoms with Gasteiger partial charge in [-0.05, 0) is 23.8 Å². The van der Waals surface area contributed by atoms with E-state index in [-0.39, 0.29) is 11.3 Å². The number of aliphatic hydroxyl groups is 1. The van der Waals surface area contributed by atoms with E-state index in [1.54, 1.807) is 7.05 Å². The zero-order chi connectivity index (χ0) is 16.3. The molecule has 22 heavy (non-hydrogen) atoms. The highest BCUT2D eigenvalue weighted by atomic mass is 19.1. The van der Waals surface area contributed by atoms with Gasteiger partial charge in [0.25, 0.3) is 5.91 Å². The van der Waals surface area contributed by atoms with Crippen molar-refractivity contribution in [3.05, 3.63) is 53.6 Å². The second kappa shape index (κ2) is 6.35. The number of aliphatic carboxylic acids is 1. The maximum atomic E-state index is 12.8. The smallest absolute Gasteiger partial charge is 0.332 e. The number of halogens is 1. The predicted octanol–water partition coefficient (Wildman–Crippen LogP) is 0.535. The summed E-state index contributed by atoms with van der Waals surface area (Å²) in [5, 5.41) is 25.2. The molecule has 1 aromatic carbocycles. The number of nitrogens with one attached hydrogen (secondary N) is 1. The predicted molar refractivity (Wildman–Crippen MR) is 73.1 cm³/mol. The van der Waals surface area contributed by atoms with Gasteiger partial charge in [-0.3, -0.25) is 9.48 Å². The maximum absolute atomic E-state index is 12.8. The molecule has 7 nitrogen and oxygen atoms in total. The molecule has 1 aromatic heterocycles. The maximum Gasteiger partial charge on any atom is 0.332 e. The van der Waals surface area contributed by atoms with Crippen molar-refractivity contribution >= 4 is 11.9 Å². The highest BCUT2D eigenvalue weighted by Gasteiger charge is 2.28. The van der Waals surface area contributed by atoms with Gasteiger partial charge < -0.3 is 15.5 Å². The molecule has 2 rings (SSSR count). The Balaban J connectivity index is 2.14. The van der Waals surface area contributed by atoms with Gasteiger partial charge in [0.2, 0.25) is 0 Å². The van der Waals surface area contributed by atoms with Crippen LogP contribution in [-0.2, 0) is 16.6 Å². The Kier molecular flexibility index (Phi) is 4.52. The monoisotopic (exact) mass is 307 g/mol. The fourth-order valence-corrected chi connectivity index (χ4v) is 1.87. The zero-order valence-electron chi connectivity index (χ0n) is 11.6. The highest BCUT2D eigenvalue weighted by molar-refractivity contribution is 5.87. The molecule has 8 heteroatoms. The summed E-state index contributed by atoms with van der Waals surface area (Å²) < 4.78 is 14.2. The number of aromatic nitrogens is 2. The van der Waals surface area contributed by atoms with Crippen LogP contribution < -0.4 is 5.32 Å². The third-order valence-electron chi connectivity index (χ3n) is 3.00. The van der Waals surface area contributed by atoms with Crippen LogP contribution in [0, 0.1) is 5.82 Å². The molecule has 116 valence electrons. The van der Waals surface area contributed by atoms with Crippen molar-refractivity contribution < 1.29 is 24.2 Å². The summed E-state index contributed by atoms with van der Waals surface area (Å²) in [6, 6.07) is 4.75. The van der Waals surface area contributed by atoms with Crippen LogP contribution in [-0.4, -0.2) is 31.9 Å². The minimum atomic E-state index is -1.61. The number of aliphatic hydroxyl groups excluding tert-OH is 1. The lowest BCUT2D eigenvalue weighted by atomic mass is 10.1. The van der Waals surface area contributed by atoms with E-state index in [0.29, 0.717) is 0 Å². The van der Waals surface area contributed by atoms with Gasteiger partial charge >= 0.3 is 5.97 Å². The van der Waals surface area contributed by atoms with Crippen LogP contribution in [0.5, 0.6) is 0 Å². The standard InChI is InChI=1S/C14H14FN3O4/c1-18-7-6-10(17-18)11(14(21)22)16-13(20)12(19)8-2-4-9(15)5-3-8/h2-7,11-12,19H,1H3,(H,16,20)(H,21,22)/t11?,12-/m1/s1. The van der Waals surface area contributed by atoms with E-state index in [0.717, 1.165) is 12.1 Å².